The van der Waals surface area contributed by atoms with Gasteiger partial charge in [0.15, 0.2) is 0 Å². The minimum Gasteiger partial charge on any atom is -0.508 e. The van der Waals surface area contributed by atoms with E-state index in [2.05, 4.69) is 5.32 Å². The number of nitrogens with zero attached hydrogens (tertiary/aromatic N) is 1. The summed E-state index contributed by atoms with van der Waals surface area (Å²) in [7, 11) is 0. The summed E-state index contributed by atoms with van der Waals surface area (Å²) in [5, 5.41) is 23.1. The van der Waals surface area contributed by atoms with Gasteiger partial charge in [-0.1, -0.05) is 23.5 Å². The summed E-state index contributed by atoms with van der Waals surface area (Å²) >= 11 is 1.19. The topological polar surface area (TPSA) is 75.4 Å². The van der Waals surface area contributed by atoms with Crippen LogP contribution in [0.25, 0.3) is 0 Å². The van der Waals surface area contributed by atoms with Crippen molar-refractivity contribution in [2.45, 2.75) is 13.0 Å². The monoisotopic (exact) mass is 278 g/mol. The fourth-order valence-corrected chi connectivity index (χ4v) is 2.46. The van der Waals surface area contributed by atoms with E-state index in [1.807, 2.05) is 12.1 Å². The van der Waals surface area contributed by atoms with Crippen LogP contribution in [-0.4, -0.2) is 16.6 Å². The van der Waals surface area contributed by atoms with Crippen LogP contribution in [0.5, 0.6) is 5.75 Å². The van der Waals surface area contributed by atoms with Crippen LogP contribution in [0.15, 0.2) is 36.4 Å². The van der Waals surface area contributed by atoms with Gasteiger partial charge in [0.1, 0.15) is 5.75 Å². The summed E-state index contributed by atoms with van der Waals surface area (Å²) in [4.78, 5) is 11.1. The van der Waals surface area contributed by atoms with E-state index in [0.29, 0.717) is 6.54 Å². The minimum absolute atomic E-state index is 0.176. The van der Waals surface area contributed by atoms with Crippen LogP contribution >= 0.6 is 11.3 Å². The van der Waals surface area contributed by atoms with Crippen molar-refractivity contribution in [1.29, 1.82) is 0 Å². The number of thiophene rings is 1. The van der Waals surface area contributed by atoms with Gasteiger partial charge in [-0.25, -0.2) is 0 Å². The number of hydrogen-bond donors (Lipinski definition) is 2. The first kappa shape index (κ1) is 13.5. The van der Waals surface area contributed by atoms with Crippen molar-refractivity contribution in [2.24, 2.45) is 0 Å². The number of rotatable bonds is 6. The Morgan fingerprint density at radius 2 is 1.95 bits per heavy atom. The summed E-state index contributed by atoms with van der Waals surface area (Å²) in [5.41, 5.74) is 1.14. The molecule has 19 heavy (non-hydrogen) atoms. The predicted octanol–water partition coefficient (Wildman–Crippen LogP) is 2.69. The van der Waals surface area contributed by atoms with Gasteiger partial charge >= 0.3 is 5.00 Å². The Bertz CT molecular complexity index is 551. The molecule has 2 rings (SSSR count). The molecule has 1 heterocycles. The Kier molecular flexibility index (Phi) is 4.48. The lowest BCUT2D eigenvalue weighted by Crippen LogP contribution is -2.15. The Morgan fingerprint density at radius 3 is 2.58 bits per heavy atom. The molecule has 6 heteroatoms. The van der Waals surface area contributed by atoms with Crippen molar-refractivity contribution < 1.29 is 10.0 Å². The molecule has 0 fully saturated rings. The zero-order valence-electron chi connectivity index (χ0n) is 10.2. The molecule has 1 aromatic heterocycles. The summed E-state index contributed by atoms with van der Waals surface area (Å²) < 4.78 is 0. The summed E-state index contributed by atoms with van der Waals surface area (Å²) in [6.45, 7) is 1.42. The van der Waals surface area contributed by atoms with Crippen molar-refractivity contribution in [3.05, 3.63) is 57.0 Å². The minimum atomic E-state index is -0.370. The fraction of sp³-hybridized carbons (Fsp3) is 0.231. The zero-order chi connectivity index (χ0) is 13.7. The largest absolute Gasteiger partial charge is 0.508 e. The lowest BCUT2D eigenvalue weighted by Gasteiger charge is -2.03. The third-order valence-electron chi connectivity index (χ3n) is 2.65. The van der Waals surface area contributed by atoms with E-state index in [1.165, 1.54) is 17.4 Å². The summed E-state index contributed by atoms with van der Waals surface area (Å²) in [5.74, 6) is 0.266. The van der Waals surface area contributed by atoms with Crippen LogP contribution in [0.3, 0.4) is 0 Å². The molecule has 2 aromatic rings. The molecular weight excluding hydrogens is 264 g/mol. The Balaban J connectivity index is 1.74. The lowest BCUT2D eigenvalue weighted by molar-refractivity contribution is -0.380. The molecule has 0 saturated heterocycles. The molecule has 0 unspecified atom stereocenters. The van der Waals surface area contributed by atoms with E-state index >= 15 is 0 Å². The maximum Gasteiger partial charge on any atom is 0.324 e. The number of hydrogen-bond acceptors (Lipinski definition) is 5. The van der Waals surface area contributed by atoms with Crippen LogP contribution in [-0.2, 0) is 13.0 Å². The molecule has 0 aliphatic heterocycles. The van der Waals surface area contributed by atoms with E-state index < -0.39 is 0 Å². The molecule has 0 saturated carbocycles. The highest BCUT2D eigenvalue weighted by Gasteiger charge is 2.08. The number of phenols is 1. The SMILES string of the molecule is O=[N+]([O-])c1ccc(CNCCc2ccc(O)cc2)s1. The van der Waals surface area contributed by atoms with Crippen molar-refractivity contribution in [2.75, 3.05) is 6.54 Å². The first-order valence-electron chi connectivity index (χ1n) is 5.87. The average Bonchev–Trinajstić information content (AvgIpc) is 2.86. The molecule has 0 aliphatic carbocycles. The van der Waals surface area contributed by atoms with Gasteiger partial charge in [0.2, 0.25) is 0 Å². The highest BCUT2D eigenvalue weighted by Crippen LogP contribution is 2.23. The Morgan fingerprint density at radius 1 is 1.21 bits per heavy atom. The van der Waals surface area contributed by atoms with Crippen molar-refractivity contribution in [3.63, 3.8) is 0 Å². The smallest absolute Gasteiger partial charge is 0.324 e. The van der Waals surface area contributed by atoms with Crippen molar-refractivity contribution in [3.8, 4) is 5.75 Å². The molecule has 0 bridgehead atoms. The maximum absolute atomic E-state index is 10.5. The maximum atomic E-state index is 10.5. The van der Waals surface area contributed by atoms with E-state index in [0.717, 1.165) is 23.4 Å². The normalized spacial score (nSPS) is 10.5. The van der Waals surface area contributed by atoms with Gasteiger partial charge in [-0.3, -0.25) is 10.1 Å². The van der Waals surface area contributed by atoms with Crippen LogP contribution < -0.4 is 5.32 Å². The Hall–Kier alpha value is -1.92. The van der Waals surface area contributed by atoms with E-state index in [9.17, 15) is 10.1 Å². The van der Waals surface area contributed by atoms with Gasteiger partial charge in [-0.05, 0) is 36.7 Å². The molecule has 0 atom stereocenters. The highest BCUT2D eigenvalue weighted by molar-refractivity contribution is 7.15. The predicted molar refractivity (Wildman–Crippen MR) is 74.5 cm³/mol. The fourth-order valence-electron chi connectivity index (χ4n) is 1.67. The third kappa shape index (κ3) is 4.04. The van der Waals surface area contributed by atoms with Crippen molar-refractivity contribution in [1.82, 2.24) is 5.32 Å². The second-order valence-corrected chi connectivity index (χ2v) is 5.24. The van der Waals surface area contributed by atoms with Gasteiger partial charge in [-0.2, -0.15) is 0 Å². The zero-order valence-corrected chi connectivity index (χ0v) is 11.0. The number of aromatic hydroxyl groups is 1. The van der Waals surface area contributed by atoms with Crippen LogP contribution in [0.1, 0.15) is 10.4 Å². The van der Waals surface area contributed by atoms with Gasteiger partial charge in [0.25, 0.3) is 0 Å². The molecule has 5 nitrogen and oxygen atoms in total. The van der Waals surface area contributed by atoms with Gasteiger partial charge in [-0.15, -0.1) is 0 Å². The number of phenolic OH excluding ortho intramolecular Hbond substituents is 1. The molecule has 0 radical (unpaired) electrons. The molecular formula is C13H14N2O3S. The standard InChI is InChI=1S/C13H14N2O3S/c16-11-3-1-10(2-4-11)7-8-14-9-12-5-6-13(19-12)15(17)18/h1-6,14,16H,7-9H2. The summed E-state index contributed by atoms with van der Waals surface area (Å²) in [6, 6.07) is 10.4. The van der Waals surface area contributed by atoms with E-state index in [4.69, 9.17) is 5.11 Å². The van der Waals surface area contributed by atoms with Crippen LogP contribution in [0.2, 0.25) is 0 Å². The quantitative estimate of drug-likeness (QED) is 0.484. The van der Waals surface area contributed by atoms with E-state index in [1.54, 1.807) is 18.2 Å². The second kappa shape index (κ2) is 6.31. The van der Waals surface area contributed by atoms with Crippen molar-refractivity contribution >= 4 is 16.3 Å². The third-order valence-corrected chi connectivity index (χ3v) is 3.69. The molecule has 0 spiro atoms. The molecule has 2 N–H and O–H groups in total. The number of benzene rings is 1. The van der Waals surface area contributed by atoms with Gasteiger partial charge in [0.05, 0.1) is 4.92 Å². The molecule has 0 aliphatic rings. The molecule has 1 aromatic carbocycles. The molecule has 0 amide bonds. The van der Waals surface area contributed by atoms with Gasteiger partial charge in [0, 0.05) is 17.5 Å². The number of nitro groups is 1. The molecule has 100 valence electrons. The second-order valence-electron chi connectivity index (χ2n) is 4.09. The van der Waals surface area contributed by atoms with Crippen LogP contribution in [0.4, 0.5) is 5.00 Å². The Labute approximate surface area is 114 Å². The highest BCUT2D eigenvalue weighted by atomic mass is 32.1. The van der Waals surface area contributed by atoms with E-state index in [-0.39, 0.29) is 15.7 Å². The van der Waals surface area contributed by atoms with Gasteiger partial charge < -0.3 is 10.4 Å². The summed E-state index contributed by atoms with van der Waals surface area (Å²) in [6.07, 6.45) is 0.855. The van der Waals surface area contributed by atoms with Crippen LogP contribution in [0, 0.1) is 10.1 Å². The average molecular weight is 278 g/mol. The first-order valence-corrected chi connectivity index (χ1v) is 6.68. The number of nitrogens with one attached hydrogen (secondary N) is 1. The lowest BCUT2D eigenvalue weighted by atomic mass is 10.1. The first-order chi connectivity index (χ1) is 9.15.